The van der Waals surface area contributed by atoms with Gasteiger partial charge in [0.15, 0.2) is 6.10 Å². The Morgan fingerprint density at radius 2 is 2.11 bits per heavy atom. The number of nitrogens with one attached hydrogen (secondary N) is 2. The Bertz CT molecular complexity index is 1320. The van der Waals surface area contributed by atoms with Crippen molar-refractivity contribution in [1.29, 1.82) is 5.26 Å². The van der Waals surface area contributed by atoms with Gasteiger partial charge in [-0.2, -0.15) is 5.26 Å². The molecule has 2 atom stereocenters. The Balaban J connectivity index is 1.46. The summed E-state index contributed by atoms with van der Waals surface area (Å²) < 4.78 is 4.58. The number of nitriles is 1. The van der Waals surface area contributed by atoms with Gasteiger partial charge in [-0.05, 0) is 0 Å². The molecule has 0 radical (unpaired) electrons. The van der Waals surface area contributed by atoms with Gasteiger partial charge < -0.3 is 5.11 Å². The number of carbonyl (C=O) groups is 1. The molecule has 0 bridgehead atoms. The number of aliphatic hydroxyl groups excluding tert-OH is 1. The van der Waals surface area contributed by atoms with Gasteiger partial charge in [0, 0.05) is 0 Å². The predicted octanol–water partition coefficient (Wildman–Crippen LogP) is 1.06. The van der Waals surface area contributed by atoms with E-state index in [1.54, 1.807) is 36.4 Å². The molecule has 2 aliphatic rings. The number of hydrogen-bond acceptors (Lipinski definition) is 6. The summed E-state index contributed by atoms with van der Waals surface area (Å²) in [4.78, 5) is 17.6. The number of halogens is 3. The Kier molecular flexibility index (Phi) is 9.69. The number of fused-ring (bicyclic) bond motifs is 1. The maximum absolute atomic E-state index is 12.6. The van der Waals surface area contributed by atoms with Gasteiger partial charge >= 0.3 is 208 Å². The summed E-state index contributed by atoms with van der Waals surface area (Å²) in [5.41, 5.74) is 4.26. The molecular formula is C26H24BrI2N4O3-. The minimum absolute atomic E-state index is 0.0969. The average Bonchev–Trinajstić information content (AvgIpc) is 3.18. The number of aliphatic imine (C=N–C) groups is 1. The summed E-state index contributed by atoms with van der Waals surface area (Å²) in [6.07, 6.45) is 1.56. The first-order chi connectivity index (χ1) is 17.5. The molecule has 4 N–H and O–H groups in total. The van der Waals surface area contributed by atoms with Crippen LogP contribution in [-0.2, 0) is 0 Å². The molecule has 7 nitrogen and oxygen atoms in total. The van der Waals surface area contributed by atoms with Gasteiger partial charge in [-0.1, -0.05) is 6.07 Å². The van der Waals surface area contributed by atoms with Crippen LogP contribution in [0.1, 0.15) is 34.0 Å². The summed E-state index contributed by atoms with van der Waals surface area (Å²) in [5, 5.41) is 35.5. The van der Waals surface area contributed by atoms with Crippen molar-refractivity contribution in [2.45, 2.75) is 12.5 Å². The number of allylic oxidation sites excluding steroid dienone is 4. The van der Waals surface area contributed by atoms with Crippen LogP contribution in [0.2, 0.25) is 0 Å². The first-order valence-electron chi connectivity index (χ1n) is 11.2. The fourth-order valence-corrected chi connectivity index (χ4v) is 15.7. The second-order valence-electron chi connectivity index (χ2n) is 8.10. The van der Waals surface area contributed by atoms with Gasteiger partial charge in [0.25, 0.3) is 0 Å². The van der Waals surface area contributed by atoms with Gasteiger partial charge in [-0.25, -0.2) is 0 Å². The van der Waals surface area contributed by atoms with E-state index in [2.05, 4.69) is 30.6 Å². The molecule has 2 aromatic rings. The molecule has 2 heterocycles. The average molecular weight is 774 g/mol. The number of phenolic OH excluding ortho intramolecular Hbond substituents is 1. The molecule has 10 heteroatoms. The van der Waals surface area contributed by atoms with Crippen LogP contribution in [0.3, 0.4) is 0 Å². The van der Waals surface area contributed by atoms with E-state index in [-0.39, 0.29) is 45.6 Å². The Morgan fingerprint density at radius 3 is 2.92 bits per heavy atom. The van der Waals surface area contributed by atoms with Gasteiger partial charge in [-0.15, -0.1) is 0 Å². The van der Waals surface area contributed by atoms with Gasteiger partial charge in [0.1, 0.15) is 0 Å². The number of amides is 1. The number of rotatable bonds is 7. The Labute approximate surface area is 234 Å². The van der Waals surface area contributed by atoms with Crippen molar-refractivity contribution in [2.75, 3.05) is 17.5 Å². The van der Waals surface area contributed by atoms with Crippen molar-refractivity contribution in [2.24, 2.45) is 10.9 Å². The second-order valence-corrected chi connectivity index (χ2v) is 18.5. The van der Waals surface area contributed by atoms with Crippen molar-refractivity contribution in [3.63, 3.8) is 0 Å². The quantitative estimate of drug-likeness (QED) is 0.146. The Hall–Kier alpha value is -2.08. The molecule has 188 valence electrons. The van der Waals surface area contributed by atoms with Crippen LogP contribution in [0.25, 0.3) is 0 Å². The van der Waals surface area contributed by atoms with Crippen molar-refractivity contribution < 1.29 is 32.2 Å². The molecular weight excluding hydrogens is 750 g/mol. The van der Waals surface area contributed by atoms with Gasteiger partial charge in [0.05, 0.1) is 6.07 Å². The third kappa shape index (κ3) is 6.81. The molecule has 36 heavy (non-hydrogen) atoms. The molecule has 1 amide bonds. The SMILES string of the molecule is N#CC(O)c1cccc(C(=O)NCCNC2=CC(c3ccccc3O)=NC3=C(Br)C=I[I-]CC3C2)c1. The number of alkyl halides is 1. The summed E-state index contributed by atoms with van der Waals surface area (Å²) in [6, 6.07) is 15.4. The molecule has 0 fully saturated rings. The van der Waals surface area contributed by atoms with Crippen LogP contribution in [0.5, 0.6) is 5.75 Å². The topological polar surface area (TPSA) is 118 Å². The first kappa shape index (κ1) is 27.0. The van der Waals surface area contributed by atoms with E-state index in [4.69, 9.17) is 10.3 Å². The van der Waals surface area contributed by atoms with Gasteiger partial charge in [0.2, 0.25) is 0 Å². The van der Waals surface area contributed by atoms with E-state index in [0.29, 0.717) is 41.4 Å². The maximum atomic E-state index is 12.6. The zero-order valence-electron chi connectivity index (χ0n) is 19.1. The number of hydrogen-bond donors (Lipinski definition) is 4. The Morgan fingerprint density at radius 1 is 1.28 bits per heavy atom. The molecule has 0 aliphatic carbocycles. The number of aromatic hydroxyl groups is 1. The molecule has 0 spiro atoms. The third-order valence-electron chi connectivity index (χ3n) is 5.62. The van der Waals surface area contributed by atoms with Crippen LogP contribution in [0, 0.1) is 17.2 Å². The number of benzene rings is 2. The van der Waals surface area contributed by atoms with Crippen molar-refractivity contribution in [1.82, 2.24) is 10.6 Å². The fraction of sp³-hybridized carbons (Fsp3) is 0.231. The zero-order chi connectivity index (χ0) is 25.5. The van der Waals surface area contributed by atoms with E-state index in [1.165, 1.54) is 10.5 Å². The number of phenols is 1. The van der Waals surface area contributed by atoms with Crippen LogP contribution >= 0.6 is 32.7 Å². The number of aliphatic hydroxyl groups is 1. The van der Waals surface area contributed by atoms with E-state index in [0.717, 1.165) is 22.3 Å². The summed E-state index contributed by atoms with van der Waals surface area (Å²) in [6.45, 7) is 0.917. The molecule has 0 saturated carbocycles. The standard InChI is InChI=1S/C26H24BrI2N4O3/c27-21-14-29-28-13-18-11-19(12-22(33-25(18)21)20-6-1-2-7-23(20)34)31-8-9-32-26(36)17-5-3-4-16(10-17)24(35)15-30/h1-7,10,12,14,18,24,31,34-35H,8-9,11,13H2,(H,32,36)/q-1. The van der Waals surface area contributed by atoms with Crippen LogP contribution in [0.4, 0.5) is 0 Å². The molecule has 2 aromatic carbocycles. The number of carbonyl (C=O) groups excluding carboxylic acids is 1. The minimum atomic E-state index is -1.26. The van der Waals surface area contributed by atoms with Gasteiger partial charge in [-0.3, -0.25) is 0 Å². The monoisotopic (exact) mass is 773 g/mol. The molecule has 2 unspecified atom stereocenters. The third-order valence-corrected chi connectivity index (χ3v) is 15.7. The van der Waals surface area contributed by atoms with Crippen LogP contribution < -0.4 is 27.9 Å². The number of nitrogens with zero attached hydrogens (tertiary/aromatic N) is 2. The summed E-state index contributed by atoms with van der Waals surface area (Å²) in [5.74, 6) is 0.240. The molecule has 2 aliphatic heterocycles. The van der Waals surface area contributed by atoms with Crippen molar-refractivity contribution >= 4 is 48.3 Å². The van der Waals surface area contributed by atoms with E-state index in [9.17, 15) is 15.0 Å². The van der Waals surface area contributed by atoms with E-state index in [1.807, 2.05) is 18.2 Å². The molecule has 4 rings (SSSR count). The normalized spacial score (nSPS) is 18.5. The van der Waals surface area contributed by atoms with Crippen LogP contribution in [0.15, 0.2) is 75.5 Å². The first-order valence-corrected chi connectivity index (χ1v) is 21.0. The van der Waals surface area contributed by atoms with E-state index < -0.39 is 6.10 Å². The van der Waals surface area contributed by atoms with Crippen LogP contribution in [-0.4, -0.2) is 43.4 Å². The summed E-state index contributed by atoms with van der Waals surface area (Å²) in [7, 11) is 0. The molecule has 0 saturated heterocycles. The zero-order valence-corrected chi connectivity index (χ0v) is 25.0. The van der Waals surface area contributed by atoms with Crippen molar-refractivity contribution in [3.8, 4) is 11.8 Å². The number of para-hydroxylation sites is 1. The summed E-state index contributed by atoms with van der Waals surface area (Å²) >= 11 is 4.01. The second kappa shape index (κ2) is 12.9. The van der Waals surface area contributed by atoms with E-state index >= 15 is 0 Å². The predicted molar refractivity (Wildman–Crippen MR) is 149 cm³/mol. The fourth-order valence-electron chi connectivity index (χ4n) is 3.82. The van der Waals surface area contributed by atoms with Crippen molar-refractivity contribution in [3.05, 3.63) is 87.2 Å². The molecule has 0 aromatic heterocycles.